The maximum Gasteiger partial charge on any atom is 0.191 e. The molecule has 0 amide bonds. The van der Waals surface area contributed by atoms with E-state index in [0.717, 1.165) is 17.9 Å². The summed E-state index contributed by atoms with van der Waals surface area (Å²) in [4.78, 5) is 8.20. The Morgan fingerprint density at radius 1 is 1.20 bits per heavy atom. The Hall–Kier alpha value is -1.36. The molecule has 0 fully saturated rings. The van der Waals surface area contributed by atoms with Crippen molar-refractivity contribution >= 4 is 41.3 Å². The maximum absolute atomic E-state index is 10.6. The van der Waals surface area contributed by atoms with E-state index < -0.39 is 6.10 Å². The van der Waals surface area contributed by atoms with Crippen LogP contribution in [0.5, 0.6) is 5.75 Å². The molecule has 2 atom stereocenters. The molecule has 6 nitrogen and oxygen atoms in total. The quantitative estimate of drug-likeness (QED) is 0.239. The minimum Gasteiger partial charge on any atom is -0.491 e. The Morgan fingerprint density at radius 2 is 1.97 bits per heavy atom. The van der Waals surface area contributed by atoms with Gasteiger partial charge in [0.25, 0.3) is 0 Å². The molecule has 0 aliphatic carbocycles. The van der Waals surface area contributed by atoms with Crippen molar-refractivity contribution in [2.75, 3.05) is 33.7 Å². The molecule has 2 unspecified atom stereocenters. The molecule has 2 aromatic rings. The summed E-state index contributed by atoms with van der Waals surface area (Å²) < 4.78 is 5.72. The second-order valence-electron chi connectivity index (χ2n) is 7.35. The second kappa shape index (κ2) is 13.8. The van der Waals surface area contributed by atoms with Gasteiger partial charge in [0.15, 0.2) is 5.96 Å². The largest absolute Gasteiger partial charge is 0.491 e. The number of guanidine groups is 1. The van der Waals surface area contributed by atoms with Gasteiger partial charge < -0.3 is 25.4 Å². The fourth-order valence-corrected chi connectivity index (χ4v) is 3.80. The number of aliphatic imine (C=N–C) groups is 1. The highest BCUT2D eigenvalue weighted by molar-refractivity contribution is 14.0. The van der Waals surface area contributed by atoms with E-state index in [4.69, 9.17) is 9.73 Å². The third-order valence-electron chi connectivity index (χ3n) is 4.34. The number of benzene rings is 1. The number of nitrogens with zero attached hydrogens (tertiary/aromatic N) is 2. The fraction of sp³-hybridized carbons (Fsp3) is 0.500. The van der Waals surface area contributed by atoms with Gasteiger partial charge >= 0.3 is 0 Å². The highest BCUT2D eigenvalue weighted by atomic mass is 127. The van der Waals surface area contributed by atoms with Crippen molar-refractivity contribution < 1.29 is 9.84 Å². The van der Waals surface area contributed by atoms with E-state index in [-0.39, 0.29) is 36.1 Å². The summed E-state index contributed by atoms with van der Waals surface area (Å²) in [5.74, 6) is 1.46. The molecule has 8 heteroatoms. The SMILES string of the molecule is CCNC(=NCC(c1cccs1)N(C)C)NCC(O)c1cccc(OC(C)C)c1.I. The summed E-state index contributed by atoms with van der Waals surface area (Å²) in [6.45, 7) is 7.76. The Balaban J connectivity index is 0.00000450. The highest BCUT2D eigenvalue weighted by Crippen LogP contribution is 2.23. The number of hydrogen-bond acceptors (Lipinski definition) is 5. The van der Waals surface area contributed by atoms with Crippen LogP contribution in [-0.2, 0) is 0 Å². The van der Waals surface area contributed by atoms with Crippen LogP contribution < -0.4 is 15.4 Å². The first-order chi connectivity index (χ1) is 13.9. The number of thiophene rings is 1. The molecule has 1 heterocycles. The van der Waals surface area contributed by atoms with Gasteiger partial charge in [-0.05, 0) is 64.0 Å². The second-order valence-corrected chi connectivity index (χ2v) is 8.33. The van der Waals surface area contributed by atoms with Crippen molar-refractivity contribution in [2.24, 2.45) is 4.99 Å². The third-order valence-corrected chi connectivity index (χ3v) is 5.31. The molecule has 0 aliphatic rings. The molecule has 30 heavy (non-hydrogen) atoms. The smallest absolute Gasteiger partial charge is 0.191 e. The molecule has 3 N–H and O–H groups in total. The van der Waals surface area contributed by atoms with Crippen LogP contribution in [0.25, 0.3) is 0 Å². The first kappa shape index (κ1) is 26.7. The van der Waals surface area contributed by atoms with Crippen molar-refractivity contribution in [3.8, 4) is 5.75 Å². The Kier molecular flexibility index (Phi) is 12.3. The standard InChI is InChI=1S/C22H34N4O2S.HI/c1-6-23-22(24-14-19(26(4)5)21-11-8-12-29-21)25-15-20(27)17-9-7-10-18(13-17)28-16(2)3;/h7-13,16,19-20,27H,6,14-15H2,1-5H3,(H2,23,24,25);1H. The van der Waals surface area contributed by atoms with Crippen molar-refractivity contribution in [2.45, 2.75) is 39.0 Å². The number of aliphatic hydroxyl groups is 1. The first-order valence-electron chi connectivity index (χ1n) is 10.1. The monoisotopic (exact) mass is 546 g/mol. The van der Waals surface area contributed by atoms with Gasteiger partial charge in [-0.3, -0.25) is 4.99 Å². The van der Waals surface area contributed by atoms with Crippen LogP contribution in [0, 0.1) is 0 Å². The third kappa shape index (κ3) is 8.79. The van der Waals surface area contributed by atoms with Crippen LogP contribution in [0.2, 0.25) is 0 Å². The van der Waals surface area contributed by atoms with Crippen molar-refractivity contribution in [1.29, 1.82) is 0 Å². The van der Waals surface area contributed by atoms with E-state index in [0.29, 0.717) is 19.0 Å². The lowest BCUT2D eigenvalue weighted by molar-refractivity contribution is 0.179. The van der Waals surface area contributed by atoms with E-state index >= 15 is 0 Å². The summed E-state index contributed by atoms with van der Waals surface area (Å²) in [5.41, 5.74) is 0.816. The Morgan fingerprint density at radius 3 is 2.57 bits per heavy atom. The summed E-state index contributed by atoms with van der Waals surface area (Å²) in [7, 11) is 4.13. The number of likely N-dealkylation sites (N-methyl/N-ethyl adjacent to an activating group) is 1. The number of halogens is 1. The van der Waals surface area contributed by atoms with Crippen LogP contribution in [0.1, 0.15) is 43.4 Å². The van der Waals surface area contributed by atoms with Gasteiger partial charge in [0.05, 0.1) is 24.8 Å². The van der Waals surface area contributed by atoms with Gasteiger partial charge in [-0.1, -0.05) is 18.2 Å². The van der Waals surface area contributed by atoms with Gasteiger partial charge in [-0.25, -0.2) is 0 Å². The highest BCUT2D eigenvalue weighted by Gasteiger charge is 2.15. The number of rotatable bonds is 10. The molecular formula is C22H35IN4O2S. The topological polar surface area (TPSA) is 69.1 Å². The predicted octanol–water partition coefficient (Wildman–Crippen LogP) is 4.04. The molecular weight excluding hydrogens is 511 g/mol. The van der Waals surface area contributed by atoms with E-state index in [1.54, 1.807) is 11.3 Å². The van der Waals surface area contributed by atoms with Gasteiger partial charge in [-0.2, -0.15) is 0 Å². The summed E-state index contributed by atoms with van der Waals surface area (Å²) in [5, 5.41) is 19.2. The number of aliphatic hydroxyl groups excluding tert-OH is 1. The number of hydrogen-bond donors (Lipinski definition) is 3. The lowest BCUT2D eigenvalue weighted by Crippen LogP contribution is -2.40. The molecule has 2 rings (SSSR count). The van der Waals surface area contributed by atoms with Gasteiger partial charge in [-0.15, -0.1) is 35.3 Å². The fourth-order valence-electron chi connectivity index (χ4n) is 2.89. The molecule has 168 valence electrons. The zero-order chi connectivity index (χ0) is 21.2. The van der Waals surface area contributed by atoms with Crippen molar-refractivity contribution in [1.82, 2.24) is 15.5 Å². The van der Waals surface area contributed by atoms with Crippen LogP contribution in [-0.4, -0.2) is 55.8 Å². The van der Waals surface area contributed by atoms with E-state index in [2.05, 4.69) is 47.1 Å². The van der Waals surface area contributed by atoms with Crippen LogP contribution in [0.3, 0.4) is 0 Å². The first-order valence-corrected chi connectivity index (χ1v) is 10.9. The zero-order valence-electron chi connectivity index (χ0n) is 18.5. The van der Waals surface area contributed by atoms with Gasteiger partial charge in [0, 0.05) is 18.0 Å². The van der Waals surface area contributed by atoms with Crippen LogP contribution in [0.4, 0.5) is 0 Å². The van der Waals surface area contributed by atoms with Crippen LogP contribution >= 0.6 is 35.3 Å². The Labute approximate surface area is 201 Å². The van der Waals surface area contributed by atoms with Crippen molar-refractivity contribution in [3.05, 3.63) is 52.2 Å². The summed E-state index contributed by atoms with van der Waals surface area (Å²) >= 11 is 1.74. The molecule has 1 aromatic carbocycles. The summed E-state index contributed by atoms with van der Waals surface area (Å²) in [6, 6.07) is 12.0. The van der Waals surface area contributed by atoms with Crippen LogP contribution in [0.15, 0.2) is 46.8 Å². The normalized spacial score (nSPS) is 13.7. The van der Waals surface area contributed by atoms with E-state index in [9.17, 15) is 5.11 Å². The molecule has 0 radical (unpaired) electrons. The molecule has 1 aromatic heterocycles. The molecule has 0 spiro atoms. The minimum atomic E-state index is -0.656. The molecule has 0 saturated heterocycles. The number of ether oxygens (including phenoxy) is 1. The van der Waals surface area contributed by atoms with E-state index in [1.165, 1.54) is 4.88 Å². The number of nitrogens with one attached hydrogen (secondary N) is 2. The molecule has 0 saturated carbocycles. The average Bonchev–Trinajstić information content (AvgIpc) is 3.19. The molecule has 0 bridgehead atoms. The predicted molar refractivity (Wildman–Crippen MR) is 137 cm³/mol. The minimum absolute atomic E-state index is 0. The lowest BCUT2D eigenvalue weighted by atomic mass is 10.1. The summed E-state index contributed by atoms with van der Waals surface area (Å²) in [6.07, 6.45) is -0.558. The van der Waals surface area contributed by atoms with E-state index in [1.807, 2.05) is 45.0 Å². The Bertz CT molecular complexity index is 753. The zero-order valence-corrected chi connectivity index (χ0v) is 21.6. The lowest BCUT2D eigenvalue weighted by Gasteiger charge is -2.22. The average molecular weight is 547 g/mol. The van der Waals surface area contributed by atoms with Gasteiger partial charge in [0.1, 0.15) is 5.75 Å². The van der Waals surface area contributed by atoms with Crippen molar-refractivity contribution in [3.63, 3.8) is 0 Å². The molecule has 0 aliphatic heterocycles. The maximum atomic E-state index is 10.6. The van der Waals surface area contributed by atoms with Gasteiger partial charge in [0.2, 0.25) is 0 Å².